The minimum Gasteiger partial charge on any atom is -0.378 e. The summed E-state index contributed by atoms with van der Waals surface area (Å²) in [5, 5.41) is 2.83. The van der Waals surface area contributed by atoms with Crippen molar-refractivity contribution in [1.82, 2.24) is 4.90 Å². The van der Waals surface area contributed by atoms with Crippen LogP contribution >= 0.6 is 0 Å². The van der Waals surface area contributed by atoms with Gasteiger partial charge >= 0.3 is 0 Å². The Morgan fingerprint density at radius 3 is 2.14 bits per heavy atom. The van der Waals surface area contributed by atoms with E-state index in [1.165, 1.54) is 10.5 Å². The fourth-order valence-corrected chi connectivity index (χ4v) is 3.06. The molecule has 6 heteroatoms. The molecule has 2 rings (SSSR count). The molecule has 2 aromatic rings. The molecule has 29 heavy (non-hydrogen) atoms. The molecule has 0 saturated carbocycles. The van der Waals surface area contributed by atoms with Crippen LogP contribution in [0.1, 0.15) is 18.1 Å². The number of benzene rings is 2. The molecule has 0 spiro atoms. The van der Waals surface area contributed by atoms with Gasteiger partial charge in [-0.15, -0.1) is 0 Å². The Kier molecular flexibility index (Phi) is 7.79. The van der Waals surface area contributed by atoms with Crippen molar-refractivity contribution in [3.63, 3.8) is 0 Å². The van der Waals surface area contributed by atoms with Gasteiger partial charge in [0.2, 0.25) is 5.91 Å². The van der Waals surface area contributed by atoms with Gasteiger partial charge in [-0.25, -0.2) is 0 Å². The van der Waals surface area contributed by atoms with E-state index in [2.05, 4.69) is 34.5 Å². The fourth-order valence-electron chi connectivity index (χ4n) is 3.06. The zero-order chi connectivity index (χ0) is 21.6. The maximum Gasteiger partial charge on any atom is 0.280 e. The Balaban J connectivity index is 1.88. The standard InChI is InChI=1S/C23H32N4O2/c1-17-7-11-20(12-8-17)24-22(28)16-27(6)23(29)18(2)26(5)15-19-9-13-21(14-10-19)25(3)4/h7-14,18H,15-16H2,1-6H3,(H,24,28)/p+1/t18-/m1/s1. The lowest BCUT2D eigenvalue weighted by molar-refractivity contribution is -0.908. The van der Waals surface area contributed by atoms with Crippen LogP contribution in [0, 0.1) is 6.92 Å². The Morgan fingerprint density at radius 1 is 1.00 bits per heavy atom. The number of hydrogen-bond donors (Lipinski definition) is 2. The van der Waals surface area contributed by atoms with E-state index in [-0.39, 0.29) is 24.4 Å². The zero-order valence-corrected chi connectivity index (χ0v) is 18.3. The zero-order valence-electron chi connectivity index (χ0n) is 18.3. The van der Waals surface area contributed by atoms with Crippen molar-refractivity contribution in [3.8, 4) is 0 Å². The number of carbonyl (C=O) groups is 2. The topological polar surface area (TPSA) is 57.1 Å². The van der Waals surface area contributed by atoms with E-state index < -0.39 is 0 Å². The second kappa shape index (κ2) is 10.1. The van der Waals surface area contributed by atoms with Crippen LogP contribution in [0.2, 0.25) is 0 Å². The van der Waals surface area contributed by atoms with Gasteiger partial charge in [-0.2, -0.15) is 0 Å². The van der Waals surface area contributed by atoms with E-state index >= 15 is 0 Å². The second-order valence-corrected chi connectivity index (χ2v) is 7.91. The molecule has 0 aliphatic carbocycles. The average molecular weight is 398 g/mol. The number of nitrogens with one attached hydrogen (secondary N) is 2. The lowest BCUT2D eigenvalue weighted by Gasteiger charge is -2.25. The molecule has 0 aliphatic heterocycles. The van der Waals surface area contributed by atoms with Crippen molar-refractivity contribution < 1.29 is 14.5 Å². The van der Waals surface area contributed by atoms with Crippen LogP contribution in [0.3, 0.4) is 0 Å². The molecule has 0 aliphatic rings. The maximum atomic E-state index is 12.8. The molecule has 0 heterocycles. The van der Waals surface area contributed by atoms with Crippen molar-refractivity contribution in [2.75, 3.05) is 45.0 Å². The van der Waals surface area contributed by atoms with Crippen LogP contribution in [0.15, 0.2) is 48.5 Å². The highest BCUT2D eigenvalue weighted by Gasteiger charge is 2.26. The first kappa shape index (κ1) is 22.4. The summed E-state index contributed by atoms with van der Waals surface area (Å²) < 4.78 is 0. The third-order valence-corrected chi connectivity index (χ3v) is 5.14. The Labute approximate surface area is 174 Å². The van der Waals surface area contributed by atoms with Gasteiger partial charge in [0, 0.05) is 38.1 Å². The molecule has 0 aromatic heterocycles. The van der Waals surface area contributed by atoms with Gasteiger partial charge in [0.05, 0.1) is 13.6 Å². The first-order valence-corrected chi connectivity index (χ1v) is 9.87. The molecule has 2 atom stereocenters. The number of aryl methyl sites for hydroxylation is 1. The summed E-state index contributed by atoms with van der Waals surface area (Å²) in [6.45, 7) is 4.67. The van der Waals surface area contributed by atoms with E-state index in [1.54, 1.807) is 7.05 Å². The lowest BCUT2D eigenvalue weighted by Crippen LogP contribution is -3.12. The van der Waals surface area contributed by atoms with Crippen molar-refractivity contribution >= 4 is 23.2 Å². The lowest BCUT2D eigenvalue weighted by atomic mass is 10.1. The summed E-state index contributed by atoms with van der Waals surface area (Å²) >= 11 is 0. The van der Waals surface area contributed by atoms with Crippen molar-refractivity contribution in [2.24, 2.45) is 0 Å². The summed E-state index contributed by atoms with van der Waals surface area (Å²) in [6, 6.07) is 15.7. The first-order chi connectivity index (χ1) is 13.7. The molecule has 6 nitrogen and oxygen atoms in total. The largest absolute Gasteiger partial charge is 0.378 e. The summed E-state index contributed by atoms with van der Waals surface area (Å²) in [5.41, 5.74) is 4.19. The Bertz CT molecular complexity index is 816. The molecule has 1 unspecified atom stereocenters. The van der Waals surface area contributed by atoms with Gasteiger partial charge < -0.3 is 20.0 Å². The molecule has 0 bridgehead atoms. The highest BCUT2D eigenvalue weighted by Crippen LogP contribution is 2.11. The highest BCUT2D eigenvalue weighted by molar-refractivity contribution is 5.94. The SMILES string of the molecule is Cc1ccc(NC(=O)CN(C)C(=O)[C@@H](C)[NH+](C)Cc2ccc(N(C)C)cc2)cc1. The molecule has 2 aromatic carbocycles. The second-order valence-electron chi connectivity index (χ2n) is 7.91. The van der Waals surface area contributed by atoms with Crippen molar-refractivity contribution in [2.45, 2.75) is 26.4 Å². The molecular weight excluding hydrogens is 364 g/mol. The van der Waals surface area contributed by atoms with Crippen LogP contribution in [0.4, 0.5) is 11.4 Å². The van der Waals surface area contributed by atoms with Gasteiger partial charge in [0.25, 0.3) is 5.91 Å². The molecule has 0 radical (unpaired) electrons. The number of carbonyl (C=O) groups excluding carboxylic acids is 2. The number of amides is 2. The van der Waals surface area contributed by atoms with E-state index in [0.717, 1.165) is 28.4 Å². The monoisotopic (exact) mass is 397 g/mol. The van der Waals surface area contributed by atoms with E-state index in [9.17, 15) is 9.59 Å². The third kappa shape index (κ3) is 6.61. The van der Waals surface area contributed by atoms with Gasteiger partial charge in [0.1, 0.15) is 6.54 Å². The Morgan fingerprint density at radius 2 is 1.59 bits per heavy atom. The molecule has 0 saturated heterocycles. The van der Waals surface area contributed by atoms with E-state index in [0.29, 0.717) is 0 Å². The molecule has 2 amide bonds. The number of rotatable bonds is 8. The summed E-state index contributed by atoms with van der Waals surface area (Å²) in [5.74, 6) is -0.250. The van der Waals surface area contributed by atoms with Crippen molar-refractivity contribution in [3.05, 3.63) is 59.7 Å². The number of anilines is 2. The average Bonchev–Trinajstić information content (AvgIpc) is 2.68. The van der Waals surface area contributed by atoms with Crippen LogP contribution < -0.4 is 15.1 Å². The minimum atomic E-state index is -0.249. The van der Waals surface area contributed by atoms with Gasteiger partial charge in [0.15, 0.2) is 6.04 Å². The Hall–Kier alpha value is -2.86. The maximum absolute atomic E-state index is 12.8. The van der Waals surface area contributed by atoms with Crippen LogP contribution in [-0.2, 0) is 16.1 Å². The minimum absolute atomic E-state index is 0.0296. The number of hydrogen-bond acceptors (Lipinski definition) is 3. The molecule has 156 valence electrons. The molecule has 2 N–H and O–H groups in total. The van der Waals surface area contributed by atoms with Gasteiger partial charge in [-0.1, -0.05) is 29.8 Å². The van der Waals surface area contributed by atoms with Crippen LogP contribution in [0.5, 0.6) is 0 Å². The quantitative estimate of drug-likeness (QED) is 0.711. The van der Waals surface area contributed by atoms with Gasteiger partial charge in [-0.05, 0) is 38.1 Å². The van der Waals surface area contributed by atoms with Gasteiger partial charge in [-0.3, -0.25) is 9.59 Å². The number of likely N-dealkylation sites (N-methyl/N-ethyl adjacent to an activating group) is 2. The smallest absolute Gasteiger partial charge is 0.280 e. The highest BCUT2D eigenvalue weighted by atomic mass is 16.2. The predicted molar refractivity (Wildman–Crippen MR) is 118 cm³/mol. The van der Waals surface area contributed by atoms with Crippen LogP contribution in [-0.4, -0.2) is 57.5 Å². The molecular formula is C23H33N4O2+. The fraction of sp³-hybridized carbons (Fsp3) is 0.391. The number of quaternary nitrogens is 1. The summed E-state index contributed by atoms with van der Waals surface area (Å²) in [6.07, 6.45) is 0. The molecule has 0 fully saturated rings. The summed E-state index contributed by atoms with van der Waals surface area (Å²) in [4.78, 5) is 29.7. The third-order valence-electron chi connectivity index (χ3n) is 5.14. The van der Waals surface area contributed by atoms with E-state index in [4.69, 9.17) is 0 Å². The summed E-state index contributed by atoms with van der Waals surface area (Å²) in [7, 11) is 7.70. The van der Waals surface area contributed by atoms with Crippen LogP contribution in [0.25, 0.3) is 0 Å². The normalized spacial score (nSPS) is 12.8. The predicted octanol–water partition coefficient (Wildman–Crippen LogP) is 1.56. The van der Waals surface area contributed by atoms with E-state index in [1.807, 2.05) is 59.3 Å². The first-order valence-electron chi connectivity index (χ1n) is 9.87. The number of nitrogens with zero attached hydrogens (tertiary/aromatic N) is 2. The van der Waals surface area contributed by atoms with Crippen molar-refractivity contribution in [1.29, 1.82) is 0 Å².